The average molecular weight is 392 g/mol. The van der Waals surface area contributed by atoms with E-state index in [0.717, 1.165) is 12.8 Å². The zero-order chi connectivity index (χ0) is 20.1. The maximum absolute atomic E-state index is 12.1. The average Bonchev–Trinajstić information content (AvgIpc) is 3.35. The minimum atomic E-state index is -1.41. The van der Waals surface area contributed by atoms with Crippen molar-refractivity contribution in [1.29, 1.82) is 0 Å². The molecule has 0 radical (unpaired) electrons. The highest BCUT2D eigenvalue weighted by molar-refractivity contribution is 5.83. The van der Waals surface area contributed by atoms with Crippen molar-refractivity contribution in [2.24, 2.45) is 0 Å². The van der Waals surface area contributed by atoms with Gasteiger partial charge in [0.1, 0.15) is 23.3 Å². The van der Waals surface area contributed by atoms with Crippen molar-refractivity contribution in [2.45, 2.75) is 62.7 Å². The summed E-state index contributed by atoms with van der Waals surface area (Å²) in [7, 11) is 0. The monoisotopic (exact) mass is 392 g/mol. The van der Waals surface area contributed by atoms with Crippen molar-refractivity contribution < 1.29 is 24.9 Å². The van der Waals surface area contributed by atoms with Gasteiger partial charge in [0.2, 0.25) is 0 Å². The summed E-state index contributed by atoms with van der Waals surface area (Å²) in [6, 6.07) is 0. The third-order valence-electron chi connectivity index (χ3n) is 5.42. The fraction of sp³-hybridized carbons (Fsp3) is 0.647. The lowest BCUT2D eigenvalue weighted by molar-refractivity contribution is -0.137. The maximum Gasteiger partial charge on any atom is 0.252 e. The summed E-state index contributed by atoms with van der Waals surface area (Å²) in [5, 5.41) is 34.1. The van der Waals surface area contributed by atoms with Crippen LogP contribution in [0.25, 0.3) is 11.2 Å². The number of rotatable bonds is 4. The molecule has 0 bridgehead atoms. The first-order valence-corrected chi connectivity index (χ1v) is 9.38. The Hall–Kier alpha value is -2.34. The number of amides is 1. The Kier molecular flexibility index (Phi) is 4.70. The van der Waals surface area contributed by atoms with Crippen LogP contribution in [0, 0.1) is 0 Å². The SMILES string of the molecule is CCNC(=O)[C@H]1O[C@@H](n2cnc3c(N)nc(C4(O)CCCC4)nc32)C(O)[C@H]1O. The number of aliphatic hydroxyl groups is 3. The topological polar surface area (TPSA) is 169 Å². The van der Waals surface area contributed by atoms with E-state index in [1.54, 1.807) is 6.92 Å². The van der Waals surface area contributed by atoms with Crippen LogP contribution < -0.4 is 11.1 Å². The molecule has 0 aromatic carbocycles. The van der Waals surface area contributed by atoms with Crippen LogP contribution in [0.2, 0.25) is 0 Å². The van der Waals surface area contributed by atoms with Crippen molar-refractivity contribution in [2.75, 3.05) is 12.3 Å². The molecule has 3 heterocycles. The van der Waals surface area contributed by atoms with E-state index < -0.39 is 36.0 Å². The Labute approximate surface area is 160 Å². The number of fused-ring (bicyclic) bond motifs is 1. The highest BCUT2D eigenvalue weighted by Gasteiger charge is 2.48. The Balaban J connectivity index is 1.73. The molecule has 2 aromatic heterocycles. The summed E-state index contributed by atoms with van der Waals surface area (Å²) in [6.07, 6.45) is -0.948. The predicted octanol–water partition coefficient (Wildman–Crippen LogP) is -1.07. The number of imidazole rings is 1. The lowest BCUT2D eigenvalue weighted by atomic mass is 10.0. The number of nitrogens with two attached hydrogens (primary N) is 1. The van der Waals surface area contributed by atoms with Crippen LogP contribution in [0.5, 0.6) is 0 Å². The minimum Gasteiger partial charge on any atom is -0.387 e. The molecule has 11 heteroatoms. The Morgan fingerprint density at radius 1 is 1.36 bits per heavy atom. The molecule has 6 N–H and O–H groups in total. The fourth-order valence-corrected chi connectivity index (χ4v) is 3.90. The van der Waals surface area contributed by atoms with E-state index in [4.69, 9.17) is 10.5 Å². The van der Waals surface area contributed by atoms with Crippen LogP contribution >= 0.6 is 0 Å². The zero-order valence-corrected chi connectivity index (χ0v) is 15.4. The number of hydrogen-bond acceptors (Lipinski definition) is 9. The molecular weight excluding hydrogens is 368 g/mol. The van der Waals surface area contributed by atoms with Crippen molar-refractivity contribution in [3.63, 3.8) is 0 Å². The van der Waals surface area contributed by atoms with Crippen LogP contribution in [-0.4, -0.2) is 65.6 Å². The molecular formula is C17H24N6O5. The number of likely N-dealkylation sites (N-methyl/N-ethyl adjacent to an activating group) is 1. The summed E-state index contributed by atoms with van der Waals surface area (Å²) in [4.78, 5) is 24.9. The molecule has 1 saturated heterocycles. The number of aliphatic hydroxyl groups excluding tert-OH is 2. The van der Waals surface area contributed by atoms with Gasteiger partial charge in [0.25, 0.3) is 5.91 Å². The predicted molar refractivity (Wildman–Crippen MR) is 96.7 cm³/mol. The van der Waals surface area contributed by atoms with E-state index in [1.165, 1.54) is 10.9 Å². The van der Waals surface area contributed by atoms with Crippen LogP contribution in [0.1, 0.15) is 44.7 Å². The molecule has 1 amide bonds. The Morgan fingerprint density at radius 2 is 2.07 bits per heavy atom. The van der Waals surface area contributed by atoms with E-state index in [0.29, 0.717) is 19.4 Å². The molecule has 1 unspecified atom stereocenters. The van der Waals surface area contributed by atoms with Crippen LogP contribution in [0.4, 0.5) is 5.82 Å². The number of anilines is 1. The van der Waals surface area contributed by atoms with E-state index in [2.05, 4.69) is 20.3 Å². The van der Waals surface area contributed by atoms with Gasteiger partial charge in [0, 0.05) is 6.54 Å². The van der Waals surface area contributed by atoms with Gasteiger partial charge in [-0.25, -0.2) is 15.0 Å². The number of hydrogen-bond donors (Lipinski definition) is 5. The maximum atomic E-state index is 12.1. The van der Waals surface area contributed by atoms with Crippen LogP contribution in [0.3, 0.4) is 0 Å². The smallest absolute Gasteiger partial charge is 0.252 e. The van der Waals surface area contributed by atoms with Gasteiger partial charge in [-0.3, -0.25) is 9.36 Å². The first kappa shape index (κ1) is 19.0. The quantitative estimate of drug-likeness (QED) is 0.435. The van der Waals surface area contributed by atoms with E-state index in [-0.39, 0.29) is 22.8 Å². The van der Waals surface area contributed by atoms with Gasteiger partial charge in [-0.2, -0.15) is 0 Å². The third-order valence-corrected chi connectivity index (χ3v) is 5.42. The number of nitrogens with zero attached hydrogens (tertiary/aromatic N) is 4. The van der Waals surface area contributed by atoms with Gasteiger partial charge in [0.15, 0.2) is 29.6 Å². The second kappa shape index (κ2) is 6.92. The molecule has 0 spiro atoms. The first-order valence-electron chi connectivity index (χ1n) is 9.38. The van der Waals surface area contributed by atoms with Crippen molar-refractivity contribution >= 4 is 22.9 Å². The number of nitrogen functional groups attached to an aromatic ring is 1. The molecule has 1 saturated carbocycles. The number of aromatic nitrogens is 4. The number of carbonyl (C=O) groups excluding carboxylic acids is 1. The Morgan fingerprint density at radius 3 is 2.75 bits per heavy atom. The molecule has 11 nitrogen and oxygen atoms in total. The molecule has 1 aliphatic carbocycles. The van der Waals surface area contributed by atoms with Gasteiger partial charge >= 0.3 is 0 Å². The van der Waals surface area contributed by atoms with Gasteiger partial charge in [-0.05, 0) is 32.6 Å². The lowest BCUT2D eigenvalue weighted by Gasteiger charge is -2.21. The lowest BCUT2D eigenvalue weighted by Crippen LogP contribution is -2.42. The van der Waals surface area contributed by atoms with Gasteiger partial charge in [-0.1, -0.05) is 0 Å². The molecule has 2 aliphatic rings. The normalized spacial score (nSPS) is 29.4. The summed E-state index contributed by atoms with van der Waals surface area (Å²) >= 11 is 0. The Bertz CT molecular complexity index is 896. The summed E-state index contributed by atoms with van der Waals surface area (Å²) in [6.45, 7) is 2.11. The highest BCUT2D eigenvalue weighted by atomic mass is 16.6. The van der Waals surface area contributed by atoms with Gasteiger partial charge < -0.3 is 31.1 Å². The second-order valence-corrected chi connectivity index (χ2v) is 7.32. The second-order valence-electron chi connectivity index (χ2n) is 7.32. The van der Waals surface area contributed by atoms with E-state index in [1.807, 2.05) is 0 Å². The molecule has 1 aliphatic heterocycles. The number of nitrogens with one attached hydrogen (secondary N) is 1. The molecule has 28 heavy (non-hydrogen) atoms. The van der Waals surface area contributed by atoms with Crippen LogP contribution in [-0.2, 0) is 15.1 Å². The zero-order valence-electron chi connectivity index (χ0n) is 15.4. The number of carbonyl (C=O) groups is 1. The van der Waals surface area contributed by atoms with Crippen molar-refractivity contribution in [1.82, 2.24) is 24.8 Å². The summed E-state index contributed by atoms with van der Waals surface area (Å²) < 4.78 is 7.04. The number of ether oxygens (including phenoxy) is 1. The largest absolute Gasteiger partial charge is 0.387 e. The summed E-state index contributed by atoms with van der Waals surface area (Å²) in [5.41, 5.74) is 5.41. The standard InChI is InChI=1S/C17H24N6O5/c1-2-19-14(26)11-9(24)10(25)15(28-11)23-7-20-8-12(18)21-16(22-13(8)23)17(27)5-3-4-6-17/h7,9-11,15,24-25,27H,2-6H2,1H3,(H,19,26)(H2,18,21,22)/t9-,10?,11+,15-/m1/s1. The minimum absolute atomic E-state index is 0.104. The molecule has 4 rings (SSSR count). The van der Waals surface area contributed by atoms with Crippen molar-refractivity contribution in [3.05, 3.63) is 12.2 Å². The fourth-order valence-electron chi connectivity index (χ4n) is 3.90. The van der Waals surface area contributed by atoms with Crippen molar-refractivity contribution in [3.8, 4) is 0 Å². The van der Waals surface area contributed by atoms with E-state index in [9.17, 15) is 20.1 Å². The molecule has 4 atom stereocenters. The van der Waals surface area contributed by atoms with E-state index >= 15 is 0 Å². The molecule has 152 valence electrons. The van der Waals surface area contributed by atoms with Crippen LogP contribution in [0.15, 0.2) is 6.33 Å². The highest BCUT2D eigenvalue weighted by Crippen LogP contribution is 2.38. The molecule has 2 aromatic rings. The van der Waals surface area contributed by atoms with Gasteiger partial charge in [0.05, 0.1) is 6.33 Å². The third kappa shape index (κ3) is 2.91. The first-order chi connectivity index (χ1) is 13.4. The molecule has 2 fully saturated rings. The van der Waals surface area contributed by atoms with Gasteiger partial charge in [-0.15, -0.1) is 0 Å². The summed E-state index contributed by atoms with van der Waals surface area (Å²) in [5.74, 6) is -0.214.